The third-order valence-electron chi connectivity index (χ3n) is 2.95. The largest absolute Gasteiger partial charge is 0.508 e. The van der Waals surface area contributed by atoms with E-state index < -0.39 is 0 Å². The number of ether oxygens (including phenoxy) is 1. The highest BCUT2D eigenvalue weighted by molar-refractivity contribution is 5.41. The molecule has 0 aliphatic heterocycles. The Balaban J connectivity index is 2.21. The minimum atomic E-state index is 0.275. The van der Waals surface area contributed by atoms with E-state index in [0.717, 1.165) is 23.4 Å². The van der Waals surface area contributed by atoms with Crippen LogP contribution in [-0.2, 0) is 12.8 Å². The van der Waals surface area contributed by atoms with Gasteiger partial charge in [-0.05, 0) is 36.2 Å². The Morgan fingerprint density at radius 2 is 2.06 bits per heavy atom. The summed E-state index contributed by atoms with van der Waals surface area (Å²) in [4.78, 5) is 4.39. The molecule has 0 aliphatic carbocycles. The molecule has 0 unspecified atom stereocenters. The summed E-state index contributed by atoms with van der Waals surface area (Å²) in [7, 11) is 1.62. The maximum atomic E-state index is 9.81. The SMILES string of the molecule is CCc1ccc(Cc2cc(OC)ccc2O)nc1. The Hall–Kier alpha value is -2.03. The first-order valence-corrected chi connectivity index (χ1v) is 6.02. The van der Waals surface area contributed by atoms with Gasteiger partial charge in [0, 0.05) is 23.9 Å². The van der Waals surface area contributed by atoms with Crippen LogP contribution in [-0.4, -0.2) is 17.2 Å². The normalized spacial score (nSPS) is 10.3. The Bertz CT molecular complexity index is 521. The first-order chi connectivity index (χ1) is 8.72. The molecule has 0 bridgehead atoms. The maximum Gasteiger partial charge on any atom is 0.119 e. The lowest BCUT2D eigenvalue weighted by Crippen LogP contribution is -1.94. The molecule has 1 aromatic heterocycles. The molecule has 0 saturated heterocycles. The molecule has 0 amide bonds. The van der Waals surface area contributed by atoms with Crippen molar-refractivity contribution >= 4 is 0 Å². The van der Waals surface area contributed by atoms with E-state index in [4.69, 9.17) is 4.74 Å². The fourth-order valence-corrected chi connectivity index (χ4v) is 1.79. The molecule has 94 valence electrons. The summed E-state index contributed by atoms with van der Waals surface area (Å²) in [5.74, 6) is 1.02. The lowest BCUT2D eigenvalue weighted by atomic mass is 10.1. The minimum absolute atomic E-state index is 0.275. The van der Waals surface area contributed by atoms with Crippen LogP contribution in [0.5, 0.6) is 11.5 Å². The predicted molar refractivity (Wildman–Crippen MR) is 71.1 cm³/mol. The topological polar surface area (TPSA) is 42.4 Å². The van der Waals surface area contributed by atoms with Gasteiger partial charge in [0.25, 0.3) is 0 Å². The van der Waals surface area contributed by atoms with Crippen molar-refractivity contribution in [1.29, 1.82) is 0 Å². The molecule has 0 atom stereocenters. The number of phenolic OH excluding ortho intramolecular Hbond substituents is 1. The van der Waals surface area contributed by atoms with Gasteiger partial charge in [-0.25, -0.2) is 0 Å². The third kappa shape index (κ3) is 2.80. The number of aromatic nitrogens is 1. The van der Waals surface area contributed by atoms with Gasteiger partial charge in [0.15, 0.2) is 0 Å². The smallest absolute Gasteiger partial charge is 0.119 e. The Morgan fingerprint density at radius 1 is 1.22 bits per heavy atom. The molecule has 0 radical (unpaired) electrons. The zero-order valence-corrected chi connectivity index (χ0v) is 10.7. The van der Waals surface area contributed by atoms with Crippen LogP contribution in [0.25, 0.3) is 0 Å². The summed E-state index contributed by atoms with van der Waals surface area (Å²) in [5.41, 5.74) is 2.98. The lowest BCUT2D eigenvalue weighted by Gasteiger charge is -2.07. The van der Waals surface area contributed by atoms with Crippen molar-refractivity contribution in [1.82, 2.24) is 4.98 Å². The van der Waals surface area contributed by atoms with Crippen molar-refractivity contribution in [2.75, 3.05) is 7.11 Å². The summed E-state index contributed by atoms with van der Waals surface area (Å²) in [6, 6.07) is 9.29. The van der Waals surface area contributed by atoms with Gasteiger partial charge in [-0.1, -0.05) is 13.0 Å². The molecule has 0 saturated carbocycles. The van der Waals surface area contributed by atoms with E-state index in [1.54, 1.807) is 19.2 Å². The summed E-state index contributed by atoms with van der Waals surface area (Å²) in [6.07, 6.45) is 3.47. The molecule has 0 aliphatic rings. The van der Waals surface area contributed by atoms with Crippen LogP contribution in [0.15, 0.2) is 36.5 Å². The fraction of sp³-hybridized carbons (Fsp3) is 0.267. The number of nitrogens with zero attached hydrogens (tertiary/aromatic N) is 1. The average molecular weight is 243 g/mol. The third-order valence-corrected chi connectivity index (χ3v) is 2.95. The van der Waals surface area contributed by atoms with E-state index >= 15 is 0 Å². The Labute approximate surface area is 107 Å². The van der Waals surface area contributed by atoms with Gasteiger partial charge in [-0.2, -0.15) is 0 Å². The molecule has 2 rings (SSSR count). The highest BCUT2D eigenvalue weighted by atomic mass is 16.5. The maximum absolute atomic E-state index is 9.81. The van der Waals surface area contributed by atoms with Crippen molar-refractivity contribution in [2.24, 2.45) is 0 Å². The van der Waals surface area contributed by atoms with Crippen LogP contribution in [0.4, 0.5) is 0 Å². The van der Waals surface area contributed by atoms with Gasteiger partial charge < -0.3 is 9.84 Å². The second-order valence-electron chi connectivity index (χ2n) is 4.18. The van der Waals surface area contributed by atoms with Crippen molar-refractivity contribution in [2.45, 2.75) is 19.8 Å². The standard InChI is InChI=1S/C15H17NO2/c1-3-11-4-5-13(16-10-11)8-12-9-14(18-2)6-7-15(12)17/h4-7,9-10,17H,3,8H2,1-2H3. The zero-order chi connectivity index (χ0) is 13.0. The zero-order valence-electron chi connectivity index (χ0n) is 10.7. The van der Waals surface area contributed by atoms with Gasteiger partial charge in [0.05, 0.1) is 7.11 Å². The van der Waals surface area contributed by atoms with Crippen LogP contribution < -0.4 is 4.74 Å². The summed E-state index contributed by atoms with van der Waals surface area (Å²) in [6.45, 7) is 2.10. The predicted octanol–water partition coefficient (Wildman–Crippen LogP) is 2.95. The fourth-order valence-electron chi connectivity index (χ4n) is 1.79. The molecule has 18 heavy (non-hydrogen) atoms. The second kappa shape index (κ2) is 5.54. The molecule has 0 fully saturated rings. The number of aromatic hydroxyl groups is 1. The van der Waals surface area contributed by atoms with E-state index in [2.05, 4.69) is 18.0 Å². The number of phenols is 1. The van der Waals surface area contributed by atoms with Crippen molar-refractivity contribution in [3.63, 3.8) is 0 Å². The van der Waals surface area contributed by atoms with E-state index in [1.807, 2.05) is 18.3 Å². The molecule has 2 aromatic rings. The summed E-state index contributed by atoms with van der Waals surface area (Å²) < 4.78 is 5.15. The van der Waals surface area contributed by atoms with E-state index in [1.165, 1.54) is 5.56 Å². The molecule has 0 spiro atoms. The first-order valence-electron chi connectivity index (χ1n) is 6.02. The monoisotopic (exact) mass is 243 g/mol. The molecular formula is C15H17NO2. The van der Waals surface area contributed by atoms with Crippen LogP contribution >= 0.6 is 0 Å². The molecule has 3 heteroatoms. The van der Waals surface area contributed by atoms with Gasteiger partial charge in [0.2, 0.25) is 0 Å². The number of aryl methyl sites for hydroxylation is 1. The molecule has 3 nitrogen and oxygen atoms in total. The number of hydrogen-bond acceptors (Lipinski definition) is 3. The molecule has 1 aromatic carbocycles. The van der Waals surface area contributed by atoms with Gasteiger partial charge >= 0.3 is 0 Å². The van der Waals surface area contributed by atoms with Crippen LogP contribution in [0.3, 0.4) is 0 Å². The quantitative estimate of drug-likeness (QED) is 0.897. The summed E-state index contributed by atoms with van der Waals surface area (Å²) in [5, 5.41) is 9.81. The van der Waals surface area contributed by atoms with Crippen molar-refractivity contribution in [3.05, 3.63) is 53.3 Å². The molecule has 1 heterocycles. The number of hydrogen-bond donors (Lipinski definition) is 1. The Kier molecular flexibility index (Phi) is 3.82. The van der Waals surface area contributed by atoms with Crippen LogP contribution in [0.2, 0.25) is 0 Å². The minimum Gasteiger partial charge on any atom is -0.508 e. The molecular weight excluding hydrogens is 226 g/mol. The van der Waals surface area contributed by atoms with E-state index in [-0.39, 0.29) is 5.75 Å². The highest BCUT2D eigenvalue weighted by Crippen LogP contribution is 2.24. The van der Waals surface area contributed by atoms with Crippen molar-refractivity contribution in [3.8, 4) is 11.5 Å². The van der Waals surface area contributed by atoms with E-state index in [9.17, 15) is 5.11 Å². The number of benzene rings is 1. The van der Waals surface area contributed by atoms with Gasteiger partial charge in [0.1, 0.15) is 11.5 Å². The van der Waals surface area contributed by atoms with Crippen LogP contribution in [0.1, 0.15) is 23.7 Å². The lowest BCUT2D eigenvalue weighted by molar-refractivity contribution is 0.411. The second-order valence-corrected chi connectivity index (χ2v) is 4.18. The number of rotatable bonds is 4. The average Bonchev–Trinajstić information content (AvgIpc) is 2.42. The number of methoxy groups -OCH3 is 1. The summed E-state index contributed by atoms with van der Waals surface area (Å²) >= 11 is 0. The van der Waals surface area contributed by atoms with E-state index in [0.29, 0.717) is 6.42 Å². The van der Waals surface area contributed by atoms with Gasteiger partial charge in [-0.15, -0.1) is 0 Å². The Morgan fingerprint density at radius 3 is 2.67 bits per heavy atom. The van der Waals surface area contributed by atoms with Gasteiger partial charge in [-0.3, -0.25) is 4.98 Å². The van der Waals surface area contributed by atoms with Crippen molar-refractivity contribution < 1.29 is 9.84 Å². The number of pyridine rings is 1. The molecule has 1 N–H and O–H groups in total. The highest BCUT2D eigenvalue weighted by Gasteiger charge is 2.05. The first kappa shape index (κ1) is 12.4. The van der Waals surface area contributed by atoms with Crippen LogP contribution in [0, 0.1) is 0 Å².